The Labute approximate surface area is 191 Å². The highest BCUT2D eigenvalue weighted by Crippen LogP contribution is 2.39. The fraction of sp³-hybridized carbons (Fsp3) is 0.417. The number of halogens is 1. The Kier molecular flexibility index (Phi) is 5.93. The van der Waals surface area contributed by atoms with E-state index in [4.69, 9.17) is 11.6 Å². The van der Waals surface area contributed by atoms with Crippen LogP contribution in [0.3, 0.4) is 0 Å². The number of aliphatic hydroxyl groups is 1. The third-order valence-corrected chi connectivity index (χ3v) is 6.97. The van der Waals surface area contributed by atoms with E-state index in [1.165, 1.54) is 0 Å². The van der Waals surface area contributed by atoms with Crippen molar-refractivity contribution in [3.05, 3.63) is 53.6 Å². The first-order chi connectivity index (χ1) is 15.6. The summed E-state index contributed by atoms with van der Waals surface area (Å²) in [5, 5.41) is 18.4. The molecule has 1 amide bonds. The number of H-pyrrole nitrogens is 1. The molecule has 166 valence electrons. The van der Waals surface area contributed by atoms with Crippen LogP contribution in [0.15, 0.2) is 42.9 Å². The van der Waals surface area contributed by atoms with Gasteiger partial charge in [0.05, 0.1) is 11.8 Å². The number of rotatable bonds is 4. The molecule has 0 spiro atoms. The van der Waals surface area contributed by atoms with Crippen molar-refractivity contribution in [2.75, 3.05) is 13.1 Å². The Morgan fingerprint density at radius 3 is 2.53 bits per heavy atom. The summed E-state index contributed by atoms with van der Waals surface area (Å²) in [7, 11) is 0. The lowest BCUT2D eigenvalue weighted by molar-refractivity contribution is -0.136. The van der Waals surface area contributed by atoms with Crippen molar-refractivity contribution in [3.63, 3.8) is 0 Å². The van der Waals surface area contributed by atoms with Gasteiger partial charge in [-0.1, -0.05) is 23.7 Å². The standard InChI is InChI=1S/C24H26ClN5O2/c25-18-4-1-15(2-5-18)22-21(20-7-10-26-14-27-20)23(29-28-22)16-8-11-30(12-9-16)24(32)17-3-6-19(31)13-17/h1-2,4-5,7,10,14,16-17,19,31H,3,6,8-9,11-13H2,(H,28,29). The molecular weight excluding hydrogens is 426 g/mol. The molecule has 32 heavy (non-hydrogen) atoms. The van der Waals surface area contributed by atoms with Crippen LogP contribution in [-0.4, -0.2) is 55.3 Å². The molecule has 1 saturated carbocycles. The molecule has 0 radical (unpaired) electrons. The molecule has 2 N–H and O–H groups in total. The van der Waals surface area contributed by atoms with Crippen LogP contribution in [0.25, 0.3) is 22.5 Å². The molecule has 2 fully saturated rings. The van der Waals surface area contributed by atoms with Crippen LogP contribution in [0.2, 0.25) is 5.02 Å². The first-order valence-electron chi connectivity index (χ1n) is 11.2. The third-order valence-electron chi connectivity index (χ3n) is 6.72. The van der Waals surface area contributed by atoms with Crippen molar-refractivity contribution < 1.29 is 9.90 Å². The van der Waals surface area contributed by atoms with Gasteiger partial charge in [0.2, 0.25) is 5.91 Å². The van der Waals surface area contributed by atoms with Gasteiger partial charge < -0.3 is 10.0 Å². The van der Waals surface area contributed by atoms with E-state index in [-0.39, 0.29) is 23.8 Å². The van der Waals surface area contributed by atoms with Crippen LogP contribution in [0.5, 0.6) is 0 Å². The Bertz CT molecular complexity index is 1080. The molecule has 8 heteroatoms. The number of hydrogen-bond donors (Lipinski definition) is 2. The second-order valence-electron chi connectivity index (χ2n) is 8.73. The number of likely N-dealkylation sites (tertiary alicyclic amines) is 1. The van der Waals surface area contributed by atoms with Gasteiger partial charge in [0, 0.05) is 53.0 Å². The molecule has 7 nitrogen and oxygen atoms in total. The van der Waals surface area contributed by atoms with Crippen LogP contribution >= 0.6 is 11.6 Å². The fourth-order valence-electron chi connectivity index (χ4n) is 4.99. The van der Waals surface area contributed by atoms with Gasteiger partial charge in [-0.25, -0.2) is 9.97 Å². The van der Waals surface area contributed by atoms with E-state index in [0.717, 1.165) is 53.9 Å². The van der Waals surface area contributed by atoms with Crippen molar-refractivity contribution in [2.24, 2.45) is 5.92 Å². The summed E-state index contributed by atoms with van der Waals surface area (Å²) in [6.45, 7) is 1.43. The van der Waals surface area contributed by atoms with Crippen LogP contribution in [0.1, 0.15) is 43.7 Å². The maximum absolute atomic E-state index is 12.9. The maximum Gasteiger partial charge on any atom is 0.225 e. The summed E-state index contributed by atoms with van der Waals surface area (Å²) in [4.78, 5) is 23.4. The molecule has 1 aromatic carbocycles. The predicted octanol–water partition coefficient (Wildman–Crippen LogP) is 4.05. The van der Waals surface area contributed by atoms with Crippen molar-refractivity contribution in [1.29, 1.82) is 0 Å². The minimum Gasteiger partial charge on any atom is -0.393 e. The van der Waals surface area contributed by atoms with Crippen molar-refractivity contribution in [1.82, 2.24) is 25.1 Å². The number of piperidine rings is 1. The average molecular weight is 452 g/mol. The van der Waals surface area contributed by atoms with Gasteiger partial charge in [-0.2, -0.15) is 5.10 Å². The van der Waals surface area contributed by atoms with Crippen LogP contribution in [0.4, 0.5) is 0 Å². The summed E-state index contributed by atoms with van der Waals surface area (Å²) in [6.07, 6.45) is 6.81. The Morgan fingerprint density at radius 1 is 1.09 bits per heavy atom. The molecule has 2 aliphatic rings. The highest BCUT2D eigenvalue weighted by atomic mass is 35.5. The van der Waals surface area contributed by atoms with Gasteiger partial charge in [-0.3, -0.25) is 9.89 Å². The van der Waals surface area contributed by atoms with E-state index in [9.17, 15) is 9.90 Å². The molecule has 3 aromatic rings. The lowest BCUT2D eigenvalue weighted by Gasteiger charge is -2.33. The molecular formula is C24H26ClN5O2. The zero-order valence-corrected chi connectivity index (χ0v) is 18.5. The van der Waals surface area contributed by atoms with Gasteiger partial charge in [-0.05, 0) is 50.3 Å². The number of nitrogens with one attached hydrogen (secondary N) is 1. The van der Waals surface area contributed by atoms with Crippen LogP contribution < -0.4 is 0 Å². The summed E-state index contributed by atoms with van der Waals surface area (Å²) >= 11 is 6.08. The summed E-state index contributed by atoms with van der Waals surface area (Å²) in [5.74, 6) is 0.427. The summed E-state index contributed by atoms with van der Waals surface area (Å²) in [5.41, 5.74) is 4.68. The number of amides is 1. The van der Waals surface area contributed by atoms with E-state index in [1.54, 1.807) is 12.5 Å². The Hall–Kier alpha value is -2.77. The largest absolute Gasteiger partial charge is 0.393 e. The average Bonchev–Trinajstić information content (AvgIpc) is 3.46. The zero-order valence-electron chi connectivity index (χ0n) is 17.7. The number of aromatic amines is 1. The third kappa shape index (κ3) is 4.14. The molecule has 0 bridgehead atoms. The second kappa shape index (κ2) is 9.00. The second-order valence-corrected chi connectivity index (χ2v) is 9.16. The molecule has 2 unspecified atom stereocenters. The first-order valence-corrected chi connectivity index (χ1v) is 11.6. The molecule has 1 aliphatic carbocycles. The number of nitrogens with zero attached hydrogens (tertiary/aromatic N) is 4. The molecule has 3 heterocycles. The van der Waals surface area contributed by atoms with Crippen molar-refractivity contribution >= 4 is 17.5 Å². The first kappa shape index (κ1) is 21.1. The number of hydrogen-bond acceptors (Lipinski definition) is 5. The van der Waals surface area contributed by atoms with Gasteiger partial charge in [0.25, 0.3) is 0 Å². The Morgan fingerprint density at radius 2 is 1.88 bits per heavy atom. The maximum atomic E-state index is 12.9. The monoisotopic (exact) mass is 451 g/mol. The summed E-state index contributed by atoms with van der Waals surface area (Å²) < 4.78 is 0. The van der Waals surface area contributed by atoms with Gasteiger partial charge in [0.15, 0.2) is 0 Å². The highest BCUT2D eigenvalue weighted by Gasteiger charge is 2.34. The topological polar surface area (TPSA) is 95.0 Å². The normalized spacial score (nSPS) is 21.8. The predicted molar refractivity (Wildman–Crippen MR) is 122 cm³/mol. The Balaban J connectivity index is 1.39. The minimum atomic E-state index is -0.326. The minimum absolute atomic E-state index is 0.0261. The lowest BCUT2D eigenvalue weighted by atomic mass is 9.88. The van der Waals surface area contributed by atoms with Gasteiger partial charge in [-0.15, -0.1) is 0 Å². The van der Waals surface area contributed by atoms with E-state index >= 15 is 0 Å². The number of aromatic nitrogens is 4. The van der Waals surface area contributed by atoms with Crippen molar-refractivity contribution in [2.45, 2.75) is 44.1 Å². The lowest BCUT2D eigenvalue weighted by Crippen LogP contribution is -2.41. The van der Waals surface area contributed by atoms with Crippen LogP contribution in [-0.2, 0) is 4.79 Å². The SMILES string of the molecule is O=C(C1CCC(O)C1)N1CCC(c2[nH]nc(-c3ccc(Cl)cc3)c2-c2ccncn2)CC1. The summed E-state index contributed by atoms with van der Waals surface area (Å²) in [6, 6.07) is 9.55. The van der Waals surface area contributed by atoms with Gasteiger partial charge >= 0.3 is 0 Å². The number of carbonyl (C=O) groups excluding carboxylic acids is 1. The van der Waals surface area contributed by atoms with E-state index in [1.807, 2.05) is 35.2 Å². The quantitative estimate of drug-likeness (QED) is 0.623. The zero-order chi connectivity index (χ0) is 22.1. The van der Waals surface area contributed by atoms with E-state index in [2.05, 4.69) is 20.2 Å². The fourth-order valence-corrected chi connectivity index (χ4v) is 5.12. The number of aliphatic hydroxyl groups excluding tert-OH is 1. The van der Waals surface area contributed by atoms with E-state index in [0.29, 0.717) is 24.5 Å². The molecule has 2 aromatic heterocycles. The van der Waals surface area contributed by atoms with E-state index < -0.39 is 0 Å². The molecule has 1 saturated heterocycles. The molecule has 2 atom stereocenters. The number of benzene rings is 1. The van der Waals surface area contributed by atoms with Crippen LogP contribution in [0, 0.1) is 5.92 Å². The molecule has 1 aliphatic heterocycles. The molecule has 5 rings (SSSR count). The number of carbonyl (C=O) groups is 1. The highest BCUT2D eigenvalue weighted by molar-refractivity contribution is 6.30. The smallest absolute Gasteiger partial charge is 0.225 e. The van der Waals surface area contributed by atoms with Crippen molar-refractivity contribution in [3.8, 4) is 22.5 Å². The van der Waals surface area contributed by atoms with Gasteiger partial charge in [0.1, 0.15) is 12.0 Å².